The van der Waals surface area contributed by atoms with Gasteiger partial charge in [0.2, 0.25) is 0 Å². The number of rotatable bonds is 1. The fourth-order valence-electron chi connectivity index (χ4n) is 0.765. The molecule has 1 rings (SSSR count). The summed E-state index contributed by atoms with van der Waals surface area (Å²) in [6, 6.07) is 0. The zero-order chi connectivity index (χ0) is 11.0. The fraction of sp³-hybridized carbons (Fsp3) is 0.667. The van der Waals surface area contributed by atoms with Crippen molar-refractivity contribution in [3.63, 3.8) is 0 Å². The Hall–Kier alpha value is 0.300. The average Bonchev–Trinajstić information content (AvgIpc) is 2.03. The van der Waals surface area contributed by atoms with Gasteiger partial charge in [0, 0.05) is 5.17 Å². The maximum atomic E-state index is 9.04. The second kappa shape index (κ2) is 10.8. The summed E-state index contributed by atoms with van der Waals surface area (Å²) in [6.07, 6.45) is 0. The van der Waals surface area contributed by atoms with Gasteiger partial charge in [-0.05, 0) is 12.2 Å². The van der Waals surface area contributed by atoms with Crippen LogP contribution in [0, 0.1) is 0 Å². The maximum absolute atomic E-state index is 9.04. The first kappa shape index (κ1) is 17.7. The van der Waals surface area contributed by atoms with Crippen LogP contribution in [0.3, 0.4) is 0 Å². The van der Waals surface area contributed by atoms with Crippen LogP contribution in [0.15, 0.2) is 0 Å². The molecule has 0 aromatic heterocycles. The van der Waals surface area contributed by atoms with Gasteiger partial charge in [0.1, 0.15) is 0 Å². The Labute approximate surface area is 121 Å². The number of ether oxygens (including phenoxy) is 1. The van der Waals surface area contributed by atoms with E-state index in [-0.39, 0.29) is 34.7 Å². The number of nitrogens with zero attached hydrogens (tertiary/aromatic N) is 1. The van der Waals surface area contributed by atoms with Crippen LogP contribution in [0.2, 0.25) is 0 Å². The number of hydroxylamine groups is 2. The van der Waals surface area contributed by atoms with Gasteiger partial charge in [-0.3, -0.25) is 0 Å². The van der Waals surface area contributed by atoms with E-state index in [4.69, 9.17) is 20.4 Å². The van der Waals surface area contributed by atoms with Crippen molar-refractivity contribution in [3.05, 3.63) is 0 Å². The first-order valence-electron chi connectivity index (χ1n) is 3.79. The van der Waals surface area contributed by atoms with Crippen LogP contribution in [0.5, 0.6) is 0 Å². The normalized spacial score (nSPS) is 15.2. The molecule has 4 N–H and O–H groups in total. The van der Waals surface area contributed by atoms with Gasteiger partial charge < -0.3 is 26.1 Å². The molecular formula is C6H12N3NaO3S2. The summed E-state index contributed by atoms with van der Waals surface area (Å²) < 4.78 is 5.08. The van der Waals surface area contributed by atoms with Crippen LogP contribution >= 0.6 is 24.4 Å². The molecule has 0 aromatic rings. The molecule has 0 atom stereocenters. The standard InChI is InChI=1S/C5H10N2O2S.CH3NOS.Na/c6-5(10)9-7-1-3-8-4-2-7;2-1(3)4;/h1-4H2,(H2,6,10);(H3,2,3,4);/q;;+1/p-1. The number of hydrogen-bond acceptors (Lipinski definition) is 6. The van der Waals surface area contributed by atoms with E-state index in [1.54, 1.807) is 5.06 Å². The molecule has 0 aliphatic carbocycles. The van der Waals surface area contributed by atoms with Crippen molar-refractivity contribution in [2.45, 2.75) is 0 Å². The molecule has 0 unspecified atom stereocenters. The summed E-state index contributed by atoms with van der Waals surface area (Å²) in [7, 11) is 0. The molecule has 1 saturated heterocycles. The minimum absolute atomic E-state index is 0. The summed E-state index contributed by atoms with van der Waals surface area (Å²) in [5, 5.41) is 10.1. The van der Waals surface area contributed by atoms with Gasteiger partial charge in [-0.1, -0.05) is 12.2 Å². The van der Waals surface area contributed by atoms with Crippen LogP contribution in [-0.4, -0.2) is 41.7 Å². The van der Waals surface area contributed by atoms with Crippen LogP contribution in [0.4, 0.5) is 0 Å². The predicted molar refractivity (Wildman–Crippen MR) is 57.0 cm³/mol. The molecule has 0 bridgehead atoms. The maximum Gasteiger partial charge on any atom is 1.00 e. The zero-order valence-corrected chi connectivity index (χ0v) is 12.1. The molecule has 82 valence electrons. The molecule has 0 radical (unpaired) electrons. The van der Waals surface area contributed by atoms with E-state index in [1.807, 2.05) is 0 Å². The molecule has 0 saturated carbocycles. The molecule has 1 aliphatic heterocycles. The Morgan fingerprint density at radius 2 is 1.67 bits per heavy atom. The van der Waals surface area contributed by atoms with Crippen LogP contribution < -0.4 is 46.1 Å². The van der Waals surface area contributed by atoms with Gasteiger partial charge in [0.25, 0.3) is 5.17 Å². The third kappa shape index (κ3) is 14.3. The monoisotopic (exact) mass is 261 g/mol. The second-order valence-electron chi connectivity index (χ2n) is 2.27. The number of morpholine rings is 1. The second-order valence-corrected chi connectivity index (χ2v) is 3.08. The Morgan fingerprint density at radius 1 is 1.27 bits per heavy atom. The van der Waals surface area contributed by atoms with Crippen molar-refractivity contribution < 1.29 is 44.2 Å². The van der Waals surface area contributed by atoms with E-state index in [2.05, 4.69) is 30.2 Å². The van der Waals surface area contributed by atoms with Gasteiger partial charge in [0.15, 0.2) is 0 Å². The number of hydrogen-bond donors (Lipinski definition) is 2. The summed E-state index contributed by atoms with van der Waals surface area (Å²) in [5.41, 5.74) is 9.44. The summed E-state index contributed by atoms with van der Waals surface area (Å²) in [4.78, 5) is 4.95. The van der Waals surface area contributed by atoms with Gasteiger partial charge in [-0.15, -0.1) is 5.06 Å². The van der Waals surface area contributed by atoms with Gasteiger partial charge in [0.05, 0.1) is 26.3 Å². The SMILES string of the molecule is NC(=S)ON1CCOCC1.NC([O-])=S.[Na+]. The largest absolute Gasteiger partial charge is 1.00 e. The van der Waals surface area contributed by atoms with E-state index in [0.29, 0.717) is 13.2 Å². The minimum atomic E-state index is -0.750. The van der Waals surface area contributed by atoms with E-state index >= 15 is 0 Å². The quantitative estimate of drug-likeness (QED) is 0.358. The molecule has 1 heterocycles. The van der Waals surface area contributed by atoms with Gasteiger partial charge in [-0.25, -0.2) is 0 Å². The molecule has 6 nitrogen and oxygen atoms in total. The number of thiocarbonyl (C=S) groups is 2. The summed E-state index contributed by atoms with van der Waals surface area (Å²) in [6.45, 7) is 2.83. The van der Waals surface area contributed by atoms with E-state index in [9.17, 15) is 0 Å². The molecule has 1 fully saturated rings. The average molecular weight is 261 g/mol. The van der Waals surface area contributed by atoms with Crippen molar-refractivity contribution in [1.29, 1.82) is 0 Å². The summed E-state index contributed by atoms with van der Waals surface area (Å²) >= 11 is 8.31. The van der Waals surface area contributed by atoms with Crippen molar-refractivity contribution in [2.75, 3.05) is 26.3 Å². The van der Waals surface area contributed by atoms with Gasteiger partial charge >= 0.3 is 29.6 Å². The van der Waals surface area contributed by atoms with Crippen molar-refractivity contribution in [1.82, 2.24) is 5.06 Å². The topological polar surface area (TPSA) is 96.8 Å². The van der Waals surface area contributed by atoms with Gasteiger partial charge in [-0.2, -0.15) is 0 Å². The molecular weight excluding hydrogens is 249 g/mol. The molecule has 1 aliphatic rings. The van der Waals surface area contributed by atoms with Crippen molar-refractivity contribution in [2.24, 2.45) is 11.5 Å². The van der Waals surface area contributed by atoms with Crippen molar-refractivity contribution >= 4 is 34.8 Å². The van der Waals surface area contributed by atoms with Crippen LogP contribution in [-0.2, 0) is 9.57 Å². The molecule has 0 spiro atoms. The fourth-order valence-corrected chi connectivity index (χ4v) is 0.871. The Kier molecular flexibility index (Phi) is 12.7. The van der Waals surface area contributed by atoms with E-state index in [0.717, 1.165) is 13.1 Å². The first-order chi connectivity index (χ1) is 6.52. The smallest absolute Gasteiger partial charge is 0.852 e. The third-order valence-electron chi connectivity index (χ3n) is 1.19. The Morgan fingerprint density at radius 3 is 2.00 bits per heavy atom. The Bertz CT molecular complexity index is 198. The van der Waals surface area contributed by atoms with E-state index in [1.165, 1.54) is 0 Å². The summed E-state index contributed by atoms with van der Waals surface area (Å²) in [5.74, 6) is 0. The number of nitrogens with two attached hydrogens (primary N) is 2. The molecule has 0 aromatic carbocycles. The van der Waals surface area contributed by atoms with E-state index < -0.39 is 5.17 Å². The Balaban J connectivity index is 0. The zero-order valence-electron chi connectivity index (χ0n) is 8.47. The molecule has 0 amide bonds. The minimum Gasteiger partial charge on any atom is -0.852 e. The van der Waals surface area contributed by atoms with Crippen LogP contribution in [0.1, 0.15) is 0 Å². The molecule has 9 heteroatoms. The van der Waals surface area contributed by atoms with Crippen molar-refractivity contribution in [3.8, 4) is 0 Å². The predicted octanol–water partition coefficient (Wildman–Crippen LogP) is -4.91. The third-order valence-corrected chi connectivity index (χ3v) is 1.26. The van der Waals surface area contributed by atoms with Crippen LogP contribution in [0.25, 0.3) is 0 Å². The first-order valence-corrected chi connectivity index (χ1v) is 4.60. The molecule has 15 heavy (non-hydrogen) atoms.